The summed E-state index contributed by atoms with van der Waals surface area (Å²) < 4.78 is 10.5. The molecule has 0 saturated carbocycles. The van der Waals surface area contributed by atoms with Gasteiger partial charge in [-0.05, 0) is 37.3 Å². The summed E-state index contributed by atoms with van der Waals surface area (Å²) in [6.45, 7) is 5.17. The molecule has 0 aliphatic carbocycles. The molecular weight excluding hydrogens is 412 g/mol. The molecule has 0 N–H and O–H groups in total. The number of nitrogens with zero attached hydrogens (tertiary/aromatic N) is 4. The van der Waals surface area contributed by atoms with Crippen LogP contribution in [0.4, 0.5) is 0 Å². The molecule has 0 bridgehead atoms. The van der Waals surface area contributed by atoms with Crippen LogP contribution in [0, 0.1) is 6.92 Å². The zero-order valence-electron chi connectivity index (χ0n) is 17.6. The first-order chi connectivity index (χ1) is 15.5. The van der Waals surface area contributed by atoms with Gasteiger partial charge in [-0.2, -0.15) is 0 Å². The molecule has 1 fully saturated rings. The zero-order valence-corrected chi connectivity index (χ0v) is 17.6. The number of aryl methyl sites for hydroxylation is 1. The van der Waals surface area contributed by atoms with E-state index in [9.17, 15) is 14.4 Å². The van der Waals surface area contributed by atoms with E-state index in [0.717, 1.165) is 16.4 Å². The largest absolute Gasteiger partial charge is 0.467 e. The molecule has 5 rings (SSSR count). The molecule has 0 atom stereocenters. The Labute approximate surface area is 184 Å². The Morgan fingerprint density at radius 2 is 1.75 bits per heavy atom. The van der Waals surface area contributed by atoms with Crippen LogP contribution in [0.25, 0.3) is 0 Å². The van der Waals surface area contributed by atoms with Gasteiger partial charge >= 0.3 is 0 Å². The van der Waals surface area contributed by atoms with Crippen molar-refractivity contribution < 1.29 is 23.3 Å². The van der Waals surface area contributed by atoms with Crippen LogP contribution in [-0.4, -0.2) is 63.8 Å². The van der Waals surface area contributed by atoms with Crippen molar-refractivity contribution in [2.24, 2.45) is 0 Å². The molecule has 0 radical (unpaired) electrons. The summed E-state index contributed by atoms with van der Waals surface area (Å²) in [5.74, 6) is 0.393. The molecule has 4 heterocycles. The molecule has 1 saturated heterocycles. The standard InChI is InChI=1S/C23H22N4O5/c1-15-11-18(32-24-15)13-25-6-8-26(9-7-25)21(28)16-4-5-19-20(12-16)23(30)27(22(19)29)14-17-3-2-10-31-17/h2-5,10-12H,6-9,13-14H2,1H3. The summed E-state index contributed by atoms with van der Waals surface area (Å²) >= 11 is 0. The number of amides is 3. The van der Waals surface area contributed by atoms with Gasteiger partial charge in [0.25, 0.3) is 17.7 Å². The molecule has 32 heavy (non-hydrogen) atoms. The normalized spacial score (nSPS) is 16.7. The average Bonchev–Trinajstić information content (AvgIpc) is 3.52. The highest BCUT2D eigenvalue weighted by Gasteiger charge is 2.37. The highest BCUT2D eigenvalue weighted by atomic mass is 16.5. The van der Waals surface area contributed by atoms with Crippen LogP contribution in [0.5, 0.6) is 0 Å². The summed E-state index contributed by atoms with van der Waals surface area (Å²) in [4.78, 5) is 43.6. The Balaban J connectivity index is 1.25. The van der Waals surface area contributed by atoms with E-state index in [2.05, 4.69) is 10.1 Å². The fraction of sp³-hybridized carbons (Fsp3) is 0.304. The number of piperazine rings is 1. The number of rotatable bonds is 5. The van der Waals surface area contributed by atoms with Crippen molar-refractivity contribution in [3.63, 3.8) is 0 Å². The summed E-state index contributed by atoms with van der Waals surface area (Å²) in [6, 6.07) is 10.0. The third-order valence-corrected chi connectivity index (χ3v) is 5.83. The van der Waals surface area contributed by atoms with Crippen LogP contribution in [0.15, 0.2) is 51.6 Å². The van der Waals surface area contributed by atoms with Gasteiger partial charge in [0.15, 0.2) is 5.76 Å². The summed E-state index contributed by atoms with van der Waals surface area (Å²) in [7, 11) is 0. The van der Waals surface area contributed by atoms with Gasteiger partial charge in [0.2, 0.25) is 0 Å². The lowest BCUT2D eigenvalue weighted by Gasteiger charge is -2.34. The van der Waals surface area contributed by atoms with Crippen LogP contribution in [-0.2, 0) is 13.1 Å². The molecule has 9 heteroatoms. The molecular formula is C23H22N4O5. The third kappa shape index (κ3) is 3.71. The van der Waals surface area contributed by atoms with Crippen molar-refractivity contribution >= 4 is 17.7 Å². The lowest BCUT2D eigenvalue weighted by molar-refractivity contribution is 0.0615. The van der Waals surface area contributed by atoms with Crippen molar-refractivity contribution in [3.05, 3.63) is 76.6 Å². The van der Waals surface area contributed by atoms with Crippen molar-refractivity contribution in [1.29, 1.82) is 0 Å². The molecule has 3 amide bonds. The summed E-state index contributed by atoms with van der Waals surface area (Å²) in [6.07, 6.45) is 1.50. The van der Waals surface area contributed by atoms with Crippen molar-refractivity contribution in [1.82, 2.24) is 19.9 Å². The minimum Gasteiger partial charge on any atom is -0.467 e. The number of fused-ring (bicyclic) bond motifs is 1. The molecule has 2 aliphatic rings. The second-order valence-electron chi connectivity index (χ2n) is 8.04. The Kier molecular flexibility index (Phi) is 5.10. The van der Waals surface area contributed by atoms with Crippen LogP contribution in [0.1, 0.15) is 48.3 Å². The molecule has 2 aromatic heterocycles. The smallest absolute Gasteiger partial charge is 0.261 e. The van der Waals surface area contributed by atoms with E-state index >= 15 is 0 Å². The second-order valence-corrected chi connectivity index (χ2v) is 8.04. The van der Waals surface area contributed by atoms with Crippen LogP contribution in [0.3, 0.4) is 0 Å². The number of hydrogen-bond acceptors (Lipinski definition) is 7. The molecule has 1 aromatic carbocycles. The van der Waals surface area contributed by atoms with E-state index in [1.54, 1.807) is 29.2 Å². The topological polar surface area (TPSA) is 100 Å². The SMILES string of the molecule is Cc1cc(CN2CCN(C(=O)c3ccc4c(c3)C(=O)N(Cc3ccco3)C4=O)CC2)on1. The minimum atomic E-state index is -0.414. The predicted octanol–water partition coefficient (Wildman–Crippen LogP) is 2.33. The molecule has 164 valence electrons. The average molecular weight is 434 g/mol. The van der Waals surface area contributed by atoms with E-state index < -0.39 is 5.91 Å². The highest BCUT2D eigenvalue weighted by Crippen LogP contribution is 2.26. The van der Waals surface area contributed by atoms with Crippen LogP contribution >= 0.6 is 0 Å². The first kappa shape index (κ1) is 20.2. The molecule has 2 aliphatic heterocycles. The maximum atomic E-state index is 13.0. The fourth-order valence-corrected chi connectivity index (χ4v) is 4.13. The van der Waals surface area contributed by atoms with E-state index in [-0.39, 0.29) is 23.9 Å². The zero-order chi connectivity index (χ0) is 22.2. The van der Waals surface area contributed by atoms with Gasteiger partial charge in [-0.15, -0.1) is 0 Å². The van der Waals surface area contributed by atoms with E-state index in [1.807, 2.05) is 13.0 Å². The molecule has 0 unspecified atom stereocenters. The Morgan fingerprint density at radius 1 is 0.969 bits per heavy atom. The van der Waals surface area contributed by atoms with Crippen molar-refractivity contribution in [3.8, 4) is 0 Å². The predicted molar refractivity (Wildman–Crippen MR) is 112 cm³/mol. The second kappa shape index (κ2) is 8.08. The van der Waals surface area contributed by atoms with E-state index in [1.165, 1.54) is 12.3 Å². The van der Waals surface area contributed by atoms with Gasteiger partial charge in [-0.1, -0.05) is 5.16 Å². The van der Waals surface area contributed by atoms with Gasteiger partial charge in [0.05, 0.1) is 36.2 Å². The van der Waals surface area contributed by atoms with Gasteiger partial charge in [-0.3, -0.25) is 24.2 Å². The van der Waals surface area contributed by atoms with Crippen LogP contribution < -0.4 is 0 Å². The lowest BCUT2D eigenvalue weighted by atomic mass is 10.0. The quantitative estimate of drug-likeness (QED) is 0.568. The number of aromatic nitrogens is 1. The van der Waals surface area contributed by atoms with Gasteiger partial charge in [0.1, 0.15) is 5.76 Å². The molecule has 3 aromatic rings. The number of hydrogen-bond donors (Lipinski definition) is 0. The Morgan fingerprint density at radius 3 is 2.44 bits per heavy atom. The van der Waals surface area contributed by atoms with Crippen molar-refractivity contribution in [2.45, 2.75) is 20.0 Å². The number of carbonyl (C=O) groups excluding carboxylic acids is 3. The summed E-state index contributed by atoms with van der Waals surface area (Å²) in [5.41, 5.74) is 1.82. The highest BCUT2D eigenvalue weighted by molar-refractivity contribution is 6.22. The lowest BCUT2D eigenvalue weighted by Crippen LogP contribution is -2.48. The van der Waals surface area contributed by atoms with Crippen LogP contribution in [0.2, 0.25) is 0 Å². The minimum absolute atomic E-state index is 0.0648. The number of imide groups is 1. The fourth-order valence-electron chi connectivity index (χ4n) is 4.13. The summed E-state index contributed by atoms with van der Waals surface area (Å²) in [5, 5.41) is 3.90. The molecule has 0 spiro atoms. The number of carbonyl (C=O) groups is 3. The molecule has 9 nitrogen and oxygen atoms in total. The number of furan rings is 1. The first-order valence-electron chi connectivity index (χ1n) is 10.5. The third-order valence-electron chi connectivity index (χ3n) is 5.83. The Hall–Kier alpha value is -3.72. The van der Waals surface area contributed by atoms with Crippen molar-refractivity contribution in [2.75, 3.05) is 26.2 Å². The van der Waals surface area contributed by atoms with Gasteiger partial charge < -0.3 is 13.8 Å². The Bertz CT molecular complexity index is 1170. The van der Waals surface area contributed by atoms with Gasteiger partial charge in [0, 0.05) is 37.8 Å². The van der Waals surface area contributed by atoms with E-state index in [4.69, 9.17) is 8.94 Å². The number of benzene rings is 1. The maximum Gasteiger partial charge on any atom is 0.261 e. The van der Waals surface area contributed by atoms with Gasteiger partial charge in [-0.25, -0.2) is 0 Å². The maximum absolute atomic E-state index is 13.0. The first-order valence-corrected chi connectivity index (χ1v) is 10.5. The monoisotopic (exact) mass is 434 g/mol. The van der Waals surface area contributed by atoms with E-state index in [0.29, 0.717) is 49.6 Å².